The molecule has 1 aromatic carbocycles. The van der Waals surface area contributed by atoms with Gasteiger partial charge in [-0.2, -0.15) is 0 Å². The molecule has 0 spiro atoms. The van der Waals surface area contributed by atoms with Crippen molar-refractivity contribution in [1.29, 1.82) is 0 Å². The number of hydrogen-bond donors (Lipinski definition) is 1. The molecule has 2 N–H and O–H groups in total. The fourth-order valence-electron chi connectivity index (χ4n) is 0.977. The number of hydrogen-bond acceptors (Lipinski definition) is 2. The summed E-state index contributed by atoms with van der Waals surface area (Å²) in [5.41, 5.74) is 6.11. The number of nitrogen functional groups attached to an aromatic ring is 1. The Morgan fingerprint density at radius 2 is 1.86 bits per heavy atom. The van der Waals surface area contributed by atoms with Crippen molar-refractivity contribution in [2.45, 2.75) is 26.4 Å². The summed E-state index contributed by atoms with van der Waals surface area (Å²) in [7, 11) is 0. The quantitative estimate of drug-likeness (QED) is 0.808. The highest BCUT2D eigenvalue weighted by atomic mass is 35.5. The van der Waals surface area contributed by atoms with Crippen LogP contribution in [0.15, 0.2) is 12.1 Å². The molecule has 1 atom stereocenters. The second-order valence-corrected chi connectivity index (χ2v) is 3.96. The average Bonchev–Trinajstić information content (AvgIpc) is 2.10. The van der Waals surface area contributed by atoms with Gasteiger partial charge in [0.15, 0.2) is 5.75 Å². The van der Waals surface area contributed by atoms with E-state index in [1.807, 2.05) is 13.8 Å². The molecular formula is C10H13Cl2NO. The zero-order valence-electron chi connectivity index (χ0n) is 8.18. The summed E-state index contributed by atoms with van der Waals surface area (Å²) < 4.78 is 5.56. The molecule has 4 heteroatoms. The predicted molar refractivity (Wildman–Crippen MR) is 61.3 cm³/mol. The lowest BCUT2D eigenvalue weighted by Crippen LogP contribution is -2.10. The maximum Gasteiger partial charge on any atom is 0.157 e. The van der Waals surface area contributed by atoms with Gasteiger partial charge >= 0.3 is 0 Å². The summed E-state index contributed by atoms with van der Waals surface area (Å²) in [4.78, 5) is 0. The minimum atomic E-state index is 0.0913. The predicted octanol–water partition coefficient (Wildman–Crippen LogP) is 3.75. The van der Waals surface area contributed by atoms with Crippen molar-refractivity contribution in [3.8, 4) is 5.75 Å². The smallest absolute Gasteiger partial charge is 0.157 e. The summed E-state index contributed by atoms with van der Waals surface area (Å²) in [6.45, 7) is 3.99. The number of nitrogens with two attached hydrogens (primary N) is 1. The van der Waals surface area contributed by atoms with Gasteiger partial charge in [-0.15, -0.1) is 0 Å². The summed E-state index contributed by atoms with van der Waals surface area (Å²) in [6.07, 6.45) is 0.991. The van der Waals surface area contributed by atoms with Crippen LogP contribution in [-0.4, -0.2) is 6.10 Å². The third kappa shape index (κ3) is 2.69. The molecule has 78 valence electrons. The number of ether oxygens (including phenoxy) is 1. The highest BCUT2D eigenvalue weighted by molar-refractivity contribution is 6.37. The first-order valence-electron chi connectivity index (χ1n) is 4.45. The van der Waals surface area contributed by atoms with E-state index in [4.69, 9.17) is 33.7 Å². The monoisotopic (exact) mass is 233 g/mol. The number of benzene rings is 1. The van der Waals surface area contributed by atoms with E-state index in [-0.39, 0.29) is 6.10 Å². The Hall–Kier alpha value is -0.600. The first-order chi connectivity index (χ1) is 6.54. The van der Waals surface area contributed by atoms with Gasteiger partial charge in [0.05, 0.1) is 16.1 Å². The van der Waals surface area contributed by atoms with Gasteiger partial charge in [0.25, 0.3) is 0 Å². The lowest BCUT2D eigenvalue weighted by molar-refractivity contribution is 0.218. The molecule has 0 amide bonds. The Morgan fingerprint density at radius 3 is 2.29 bits per heavy atom. The zero-order valence-corrected chi connectivity index (χ0v) is 9.69. The molecule has 14 heavy (non-hydrogen) atoms. The third-order valence-corrected chi connectivity index (χ3v) is 2.48. The van der Waals surface area contributed by atoms with E-state index < -0.39 is 0 Å². The Kier molecular flexibility index (Phi) is 3.90. The second kappa shape index (κ2) is 4.76. The Bertz CT molecular complexity index is 305. The van der Waals surface area contributed by atoms with Gasteiger partial charge in [0, 0.05) is 5.69 Å². The number of halogens is 2. The molecule has 0 fully saturated rings. The molecule has 0 aliphatic carbocycles. The first-order valence-corrected chi connectivity index (χ1v) is 5.21. The summed E-state index contributed by atoms with van der Waals surface area (Å²) in [5, 5.41) is 0.908. The van der Waals surface area contributed by atoms with Crippen molar-refractivity contribution < 1.29 is 4.74 Å². The zero-order chi connectivity index (χ0) is 10.7. The molecule has 0 aliphatic rings. The standard InChI is InChI=1S/C10H13Cl2NO/c1-3-6(2)14-10-8(11)4-7(13)5-9(10)12/h4-6H,3,13H2,1-2H3. The lowest BCUT2D eigenvalue weighted by atomic mass is 10.3. The van der Waals surface area contributed by atoms with Crippen molar-refractivity contribution in [2.75, 3.05) is 5.73 Å². The fraction of sp³-hybridized carbons (Fsp3) is 0.400. The lowest BCUT2D eigenvalue weighted by Gasteiger charge is -2.15. The Morgan fingerprint density at radius 1 is 1.36 bits per heavy atom. The molecule has 0 aromatic heterocycles. The van der Waals surface area contributed by atoms with Crippen LogP contribution in [0.2, 0.25) is 10.0 Å². The molecule has 0 saturated carbocycles. The SMILES string of the molecule is CCC(C)Oc1c(Cl)cc(N)cc1Cl. The van der Waals surface area contributed by atoms with Gasteiger partial charge in [-0.05, 0) is 25.5 Å². The van der Waals surface area contributed by atoms with Crippen molar-refractivity contribution >= 4 is 28.9 Å². The van der Waals surface area contributed by atoms with Crippen molar-refractivity contribution in [3.05, 3.63) is 22.2 Å². The van der Waals surface area contributed by atoms with Gasteiger partial charge in [-0.1, -0.05) is 30.1 Å². The van der Waals surface area contributed by atoms with E-state index in [0.717, 1.165) is 6.42 Å². The van der Waals surface area contributed by atoms with Gasteiger partial charge in [-0.3, -0.25) is 0 Å². The van der Waals surface area contributed by atoms with Gasteiger partial charge < -0.3 is 10.5 Å². The molecular weight excluding hydrogens is 221 g/mol. The van der Waals surface area contributed by atoms with E-state index in [2.05, 4.69) is 0 Å². The summed E-state index contributed by atoms with van der Waals surface area (Å²) >= 11 is 11.9. The van der Waals surface area contributed by atoms with Crippen molar-refractivity contribution in [3.63, 3.8) is 0 Å². The minimum absolute atomic E-state index is 0.0913. The van der Waals surface area contributed by atoms with Crippen LogP contribution in [0.4, 0.5) is 5.69 Å². The highest BCUT2D eigenvalue weighted by Gasteiger charge is 2.11. The van der Waals surface area contributed by atoms with E-state index in [0.29, 0.717) is 21.5 Å². The van der Waals surface area contributed by atoms with Crippen molar-refractivity contribution in [2.24, 2.45) is 0 Å². The van der Waals surface area contributed by atoms with Crippen LogP contribution in [0.3, 0.4) is 0 Å². The molecule has 0 bridgehead atoms. The van der Waals surface area contributed by atoms with E-state index in [9.17, 15) is 0 Å². The first kappa shape index (κ1) is 11.5. The van der Waals surface area contributed by atoms with Gasteiger partial charge in [0.1, 0.15) is 0 Å². The van der Waals surface area contributed by atoms with E-state index in [1.165, 1.54) is 0 Å². The molecule has 0 radical (unpaired) electrons. The fourth-order valence-corrected chi connectivity index (χ4v) is 1.57. The molecule has 0 heterocycles. The van der Waals surface area contributed by atoms with Crippen LogP contribution in [0.25, 0.3) is 0 Å². The van der Waals surface area contributed by atoms with Crippen molar-refractivity contribution in [1.82, 2.24) is 0 Å². The number of rotatable bonds is 3. The summed E-state index contributed by atoms with van der Waals surface area (Å²) in [5.74, 6) is 0.511. The normalized spacial score (nSPS) is 12.6. The maximum atomic E-state index is 5.95. The largest absolute Gasteiger partial charge is 0.488 e. The van der Waals surface area contributed by atoms with Crippen LogP contribution in [0, 0.1) is 0 Å². The van der Waals surface area contributed by atoms with Crippen LogP contribution in [-0.2, 0) is 0 Å². The maximum absolute atomic E-state index is 5.95. The molecule has 1 aromatic rings. The Labute approximate surface area is 94.0 Å². The van der Waals surface area contributed by atoms with E-state index >= 15 is 0 Å². The highest BCUT2D eigenvalue weighted by Crippen LogP contribution is 2.35. The molecule has 1 unspecified atom stereocenters. The van der Waals surface area contributed by atoms with Crippen LogP contribution in [0.5, 0.6) is 5.75 Å². The van der Waals surface area contributed by atoms with Crippen LogP contribution < -0.4 is 10.5 Å². The topological polar surface area (TPSA) is 35.2 Å². The average molecular weight is 234 g/mol. The molecule has 1 rings (SSSR count). The molecule has 0 saturated heterocycles. The summed E-state index contributed by atoms with van der Waals surface area (Å²) in [6, 6.07) is 3.26. The number of anilines is 1. The minimum Gasteiger partial charge on any atom is -0.488 e. The van der Waals surface area contributed by atoms with Crippen LogP contribution in [0.1, 0.15) is 20.3 Å². The Balaban J connectivity index is 2.96. The van der Waals surface area contributed by atoms with Crippen LogP contribution >= 0.6 is 23.2 Å². The third-order valence-electron chi connectivity index (χ3n) is 1.91. The molecule has 2 nitrogen and oxygen atoms in total. The molecule has 0 aliphatic heterocycles. The van der Waals surface area contributed by atoms with Gasteiger partial charge in [0.2, 0.25) is 0 Å². The van der Waals surface area contributed by atoms with E-state index in [1.54, 1.807) is 12.1 Å². The second-order valence-electron chi connectivity index (χ2n) is 3.15. The van der Waals surface area contributed by atoms with Gasteiger partial charge in [-0.25, -0.2) is 0 Å².